The van der Waals surface area contributed by atoms with Gasteiger partial charge in [0.1, 0.15) is 0 Å². The van der Waals surface area contributed by atoms with Crippen molar-refractivity contribution >= 4 is 11.8 Å². The molecule has 0 saturated carbocycles. The Kier molecular flexibility index (Phi) is 4.39. The third-order valence-electron chi connectivity index (χ3n) is 3.34. The molecule has 1 aromatic rings. The number of hydrogen-bond donors (Lipinski definition) is 1. The highest BCUT2D eigenvalue weighted by atomic mass is 32.2. The molecule has 0 aromatic heterocycles. The molecule has 1 heterocycles. The molecule has 0 radical (unpaired) electrons. The average Bonchev–Trinajstić information content (AvgIpc) is 2.28. The second kappa shape index (κ2) is 5.66. The Morgan fingerprint density at radius 2 is 1.94 bits per heavy atom. The van der Waals surface area contributed by atoms with E-state index in [0.717, 1.165) is 5.92 Å². The van der Waals surface area contributed by atoms with Crippen LogP contribution in [0.2, 0.25) is 0 Å². The standard InChI is InChI=1S/C16H25NS/c1-12(2)9-13-5-7-14(8-6-13)15-10-18-11-16(3,4)17-15/h5-8,12,15,17H,9-11H2,1-4H3. The molecule has 1 fully saturated rings. The summed E-state index contributed by atoms with van der Waals surface area (Å²) in [5, 5.41) is 3.75. The first-order valence-electron chi connectivity index (χ1n) is 6.90. The lowest BCUT2D eigenvalue weighted by Gasteiger charge is -2.37. The number of rotatable bonds is 3. The molecular weight excluding hydrogens is 238 g/mol. The highest BCUT2D eigenvalue weighted by Gasteiger charge is 2.27. The number of hydrogen-bond acceptors (Lipinski definition) is 2. The fraction of sp³-hybridized carbons (Fsp3) is 0.625. The molecule has 2 rings (SSSR count). The van der Waals surface area contributed by atoms with Gasteiger partial charge in [-0.2, -0.15) is 11.8 Å². The Hall–Kier alpha value is -0.470. The van der Waals surface area contributed by atoms with Gasteiger partial charge in [-0.15, -0.1) is 0 Å². The smallest absolute Gasteiger partial charge is 0.0416 e. The summed E-state index contributed by atoms with van der Waals surface area (Å²) < 4.78 is 0. The van der Waals surface area contributed by atoms with Gasteiger partial charge in [0.25, 0.3) is 0 Å². The van der Waals surface area contributed by atoms with E-state index in [9.17, 15) is 0 Å². The second-order valence-electron chi connectivity index (χ2n) is 6.44. The van der Waals surface area contributed by atoms with Crippen LogP contribution in [0.1, 0.15) is 44.9 Å². The van der Waals surface area contributed by atoms with Crippen molar-refractivity contribution in [1.29, 1.82) is 0 Å². The summed E-state index contributed by atoms with van der Waals surface area (Å²) in [7, 11) is 0. The van der Waals surface area contributed by atoms with Crippen LogP contribution in [0.4, 0.5) is 0 Å². The zero-order valence-corrected chi connectivity index (χ0v) is 12.8. The highest BCUT2D eigenvalue weighted by molar-refractivity contribution is 7.99. The van der Waals surface area contributed by atoms with Crippen molar-refractivity contribution in [2.45, 2.75) is 45.7 Å². The average molecular weight is 263 g/mol. The molecule has 1 saturated heterocycles. The Balaban J connectivity index is 2.05. The third-order valence-corrected chi connectivity index (χ3v) is 4.83. The van der Waals surface area contributed by atoms with E-state index in [4.69, 9.17) is 0 Å². The predicted molar refractivity (Wildman–Crippen MR) is 82.3 cm³/mol. The summed E-state index contributed by atoms with van der Waals surface area (Å²) in [6.45, 7) is 9.13. The van der Waals surface area contributed by atoms with Crippen LogP contribution in [-0.2, 0) is 6.42 Å². The van der Waals surface area contributed by atoms with Gasteiger partial charge in [-0.25, -0.2) is 0 Å². The molecule has 1 aromatic carbocycles. The molecule has 1 nitrogen and oxygen atoms in total. The summed E-state index contributed by atoms with van der Waals surface area (Å²) in [4.78, 5) is 0. The second-order valence-corrected chi connectivity index (χ2v) is 7.47. The van der Waals surface area contributed by atoms with E-state index in [2.05, 4.69) is 69.0 Å². The molecule has 0 amide bonds. The zero-order valence-electron chi connectivity index (χ0n) is 12.0. The maximum Gasteiger partial charge on any atom is 0.0416 e. The largest absolute Gasteiger partial charge is 0.303 e. The maximum absolute atomic E-state index is 3.75. The monoisotopic (exact) mass is 263 g/mol. The van der Waals surface area contributed by atoms with Gasteiger partial charge in [-0.3, -0.25) is 0 Å². The highest BCUT2D eigenvalue weighted by Crippen LogP contribution is 2.29. The molecule has 2 heteroatoms. The molecule has 1 aliphatic rings. The van der Waals surface area contributed by atoms with Crippen LogP contribution in [0.5, 0.6) is 0 Å². The van der Waals surface area contributed by atoms with Gasteiger partial charge in [0.15, 0.2) is 0 Å². The first kappa shape index (κ1) is 14.0. The van der Waals surface area contributed by atoms with E-state index in [0.29, 0.717) is 6.04 Å². The zero-order chi connectivity index (χ0) is 13.2. The van der Waals surface area contributed by atoms with E-state index < -0.39 is 0 Å². The van der Waals surface area contributed by atoms with E-state index in [1.807, 2.05) is 0 Å². The van der Waals surface area contributed by atoms with Crippen molar-refractivity contribution in [3.05, 3.63) is 35.4 Å². The minimum absolute atomic E-state index is 0.254. The van der Waals surface area contributed by atoms with Crippen molar-refractivity contribution in [3.63, 3.8) is 0 Å². The van der Waals surface area contributed by atoms with Crippen molar-refractivity contribution in [2.24, 2.45) is 5.92 Å². The summed E-state index contributed by atoms with van der Waals surface area (Å²) >= 11 is 2.06. The van der Waals surface area contributed by atoms with Crippen LogP contribution in [0.3, 0.4) is 0 Å². The molecule has 1 N–H and O–H groups in total. The minimum Gasteiger partial charge on any atom is -0.303 e. The molecule has 100 valence electrons. The number of nitrogens with one attached hydrogen (secondary N) is 1. The lowest BCUT2D eigenvalue weighted by molar-refractivity contribution is 0.376. The first-order valence-corrected chi connectivity index (χ1v) is 8.06. The summed E-state index contributed by atoms with van der Waals surface area (Å²) in [5.74, 6) is 3.13. The van der Waals surface area contributed by atoms with Crippen LogP contribution in [-0.4, -0.2) is 17.0 Å². The van der Waals surface area contributed by atoms with Gasteiger partial charge >= 0.3 is 0 Å². The molecular formula is C16H25NS. The van der Waals surface area contributed by atoms with Crippen LogP contribution in [0.25, 0.3) is 0 Å². The van der Waals surface area contributed by atoms with Crippen LogP contribution in [0, 0.1) is 5.92 Å². The molecule has 0 bridgehead atoms. The van der Waals surface area contributed by atoms with Crippen molar-refractivity contribution in [1.82, 2.24) is 5.32 Å². The molecule has 1 aliphatic heterocycles. The Morgan fingerprint density at radius 1 is 1.28 bits per heavy atom. The molecule has 1 atom stereocenters. The Morgan fingerprint density at radius 3 is 2.50 bits per heavy atom. The van der Waals surface area contributed by atoms with E-state index in [1.54, 1.807) is 0 Å². The Bertz CT molecular complexity index is 381. The summed E-state index contributed by atoms with van der Waals surface area (Å²) in [5.41, 5.74) is 3.14. The third kappa shape index (κ3) is 3.76. The lowest BCUT2D eigenvalue weighted by atomic mass is 9.98. The molecule has 0 aliphatic carbocycles. The van der Waals surface area contributed by atoms with E-state index in [-0.39, 0.29) is 5.54 Å². The molecule has 0 spiro atoms. The fourth-order valence-electron chi connectivity index (χ4n) is 2.52. The summed E-state index contributed by atoms with van der Waals surface area (Å²) in [6.07, 6.45) is 1.18. The van der Waals surface area contributed by atoms with Crippen molar-refractivity contribution in [3.8, 4) is 0 Å². The molecule has 18 heavy (non-hydrogen) atoms. The maximum atomic E-state index is 3.75. The fourth-order valence-corrected chi connectivity index (χ4v) is 3.75. The minimum atomic E-state index is 0.254. The Labute approximate surface area is 116 Å². The number of thioether (sulfide) groups is 1. The van der Waals surface area contributed by atoms with Crippen molar-refractivity contribution < 1.29 is 0 Å². The van der Waals surface area contributed by atoms with Crippen LogP contribution < -0.4 is 5.32 Å². The quantitative estimate of drug-likeness (QED) is 0.883. The first-order chi connectivity index (χ1) is 8.46. The van der Waals surface area contributed by atoms with E-state index in [1.165, 1.54) is 29.1 Å². The normalized spacial score (nSPS) is 23.3. The van der Waals surface area contributed by atoms with Gasteiger partial charge < -0.3 is 5.32 Å². The summed E-state index contributed by atoms with van der Waals surface area (Å²) in [6, 6.07) is 9.70. The predicted octanol–water partition coefficient (Wildman–Crippen LogP) is 4.04. The van der Waals surface area contributed by atoms with E-state index >= 15 is 0 Å². The van der Waals surface area contributed by atoms with Gasteiger partial charge in [-0.1, -0.05) is 38.1 Å². The lowest BCUT2D eigenvalue weighted by Crippen LogP contribution is -2.48. The van der Waals surface area contributed by atoms with Gasteiger partial charge in [0, 0.05) is 23.1 Å². The van der Waals surface area contributed by atoms with Crippen LogP contribution in [0.15, 0.2) is 24.3 Å². The van der Waals surface area contributed by atoms with Gasteiger partial charge in [0.2, 0.25) is 0 Å². The SMILES string of the molecule is CC(C)Cc1ccc(C2CSCC(C)(C)N2)cc1. The number of benzene rings is 1. The van der Waals surface area contributed by atoms with Crippen molar-refractivity contribution in [2.75, 3.05) is 11.5 Å². The molecule has 1 unspecified atom stereocenters. The van der Waals surface area contributed by atoms with Crippen LogP contribution >= 0.6 is 11.8 Å². The van der Waals surface area contributed by atoms with Gasteiger partial charge in [0.05, 0.1) is 0 Å². The topological polar surface area (TPSA) is 12.0 Å². The van der Waals surface area contributed by atoms with Gasteiger partial charge in [-0.05, 0) is 37.3 Å².